The summed E-state index contributed by atoms with van der Waals surface area (Å²) in [6, 6.07) is 4.82. The Morgan fingerprint density at radius 1 is 1.07 bits per heavy atom. The third-order valence-electron chi connectivity index (χ3n) is 3.88. The highest BCUT2D eigenvalue weighted by Crippen LogP contribution is 2.45. The van der Waals surface area contributed by atoms with Crippen LogP contribution in [0.25, 0.3) is 0 Å². The van der Waals surface area contributed by atoms with E-state index >= 15 is 0 Å². The van der Waals surface area contributed by atoms with Crippen LogP contribution in [0.2, 0.25) is 0 Å². The minimum Gasteiger partial charge on any atom is -0.0596 e. The SMILES string of the molecule is Cc1cc2c(cc1C)C(C(C)(C)C)CC2. The van der Waals surface area contributed by atoms with Crippen molar-refractivity contribution < 1.29 is 0 Å². The van der Waals surface area contributed by atoms with E-state index in [0.29, 0.717) is 5.41 Å². The summed E-state index contributed by atoms with van der Waals surface area (Å²) in [5.41, 5.74) is 6.52. The van der Waals surface area contributed by atoms with E-state index in [-0.39, 0.29) is 0 Å². The molecule has 0 heteroatoms. The number of hydrogen-bond donors (Lipinski definition) is 0. The maximum absolute atomic E-state index is 2.42. The molecule has 0 spiro atoms. The Bertz CT molecular complexity index is 380. The van der Waals surface area contributed by atoms with Crippen LogP contribution in [0.5, 0.6) is 0 Å². The molecule has 0 aromatic heterocycles. The van der Waals surface area contributed by atoms with Crippen molar-refractivity contribution in [2.24, 2.45) is 5.41 Å². The van der Waals surface area contributed by atoms with E-state index in [1.807, 2.05) is 0 Å². The van der Waals surface area contributed by atoms with Gasteiger partial charge in [0.1, 0.15) is 0 Å². The number of rotatable bonds is 0. The summed E-state index contributed by atoms with van der Waals surface area (Å²) in [5.74, 6) is 0.756. The maximum Gasteiger partial charge on any atom is -0.0107 e. The molecule has 82 valence electrons. The summed E-state index contributed by atoms with van der Waals surface area (Å²) < 4.78 is 0. The fourth-order valence-electron chi connectivity index (χ4n) is 2.79. The molecule has 0 aliphatic heterocycles. The molecule has 1 aliphatic rings. The predicted molar refractivity (Wildman–Crippen MR) is 66.4 cm³/mol. The zero-order valence-corrected chi connectivity index (χ0v) is 10.6. The average Bonchev–Trinajstić information content (AvgIpc) is 2.47. The third-order valence-corrected chi connectivity index (χ3v) is 3.88. The van der Waals surface area contributed by atoms with Crippen molar-refractivity contribution in [2.75, 3.05) is 0 Å². The van der Waals surface area contributed by atoms with Crippen LogP contribution in [-0.2, 0) is 6.42 Å². The molecule has 0 fully saturated rings. The fourth-order valence-corrected chi connectivity index (χ4v) is 2.79. The smallest absolute Gasteiger partial charge is 0.0107 e. The van der Waals surface area contributed by atoms with E-state index < -0.39 is 0 Å². The first-order chi connectivity index (χ1) is 6.89. The molecular formula is C15H22. The number of aryl methyl sites for hydroxylation is 3. The Balaban J connectivity index is 2.47. The molecular weight excluding hydrogens is 180 g/mol. The zero-order valence-electron chi connectivity index (χ0n) is 10.6. The first kappa shape index (κ1) is 10.7. The quantitative estimate of drug-likeness (QED) is 0.585. The lowest BCUT2D eigenvalue weighted by Crippen LogP contribution is -2.15. The molecule has 1 unspecified atom stereocenters. The molecule has 0 radical (unpaired) electrons. The van der Waals surface area contributed by atoms with Crippen molar-refractivity contribution in [3.63, 3.8) is 0 Å². The van der Waals surface area contributed by atoms with Crippen LogP contribution in [-0.4, -0.2) is 0 Å². The monoisotopic (exact) mass is 202 g/mol. The summed E-state index contributed by atoms with van der Waals surface area (Å²) in [4.78, 5) is 0. The van der Waals surface area contributed by atoms with E-state index in [1.54, 1.807) is 11.1 Å². The summed E-state index contributed by atoms with van der Waals surface area (Å²) in [5, 5.41) is 0. The molecule has 1 atom stereocenters. The van der Waals surface area contributed by atoms with Crippen molar-refractivity contribution >= 4 is 0 Å². The molecule has 0 amide bonds. The molecule has 0 heterocycles. The van der Waals surface area contributed by atoms with Crippen LogP contribution >= 0.6 is 0 Å². The predicted octanol–water partition coefficient (Wildman–Crippen LogP) is 4.38. The van der Waals surface area contributed by atoms with Crippen LogP contribution in [0.4, 0.5) is 0 Å². The molecule has 0 nitrogen and oxygen atoms in total. The van der Waals surface area contributed by atoms with E-state index in [2.05, 4.69) is 46.8 Å². The Kier molecular flexibility index (Phi) is 2.41. The summed E-state index contributed by atoms with van der Waals surface area (Å²) >= 11 is 0. The van der Waals surface area contributed by atoms with Gasteiger partial charge in [-0.15, -0.1) is 0 Å². The highest BCUT2D eigenvalue weighted by Gasteiger charge is 2.32. The second-order valence-corrected chi connectivity index (χ2v) is 6.09. The van der Waals surface area contributed by atoms with E-state index in [1.165, 1.54) is 24.0 Å². The molecule has 0 bridgehead atoms. The highest BCUT2D eigenvalue weighted by molar-refractivity contribution is 5.42. The zero-order chi connectivity index (χ0) is 11.2. The van der Waals surface area contributed by atoms with Crippen molar-refractivity contribution in [3.05, 3.63) is 34.4 Å². The van der Waals surface area contributed by atoms with Crippen molar-refractivity contribution in [3.8, 4) is 0 Å². The van der Waals surface area contributed by atoms with Gasteiger partial charge < -0.3 is 0 Å². The van der Waals surface area contributed by atoms with Gasteiger partial charge in [0.25, 0.3) is 0 Å². The molecule has 0 saturated carbocycles. The standard InChI is InChI=1S/C15H22/c1-10-8-12-6-7-14(15(3,4)5)13(12)9-11(10)2/h8-9,14H,6-7H2,1-5H3. The number of benzene rings is 1. The van der Waals surface area contributed by atoms with Crippen molar-refractivity contribution in [1.29, 1.82) is 0 Å². The van der Waals surface area contributed by atoms with Gasteiger partial charge in [0, 0.05) is 0 Å². The van der Waals surface area contributed by atoms with Gasteiger partial charge in [-0.05, 0) is 60.3 Å². The third kappa shape index (κ3) is 1.82. The van der Waals surface area contributed by atoms with Crippen LogP contribution in [0, 0.1) is 19.3 Å². The maximum atomic E-state index is 2.42. The fraction of sp³-hybridized carbons (Fsp3) is 0.600. The van der Waals surface area contributed by atoms with E-state index in [4.69, 9.17) is 0 Å². The lowest BCUT2D eigenvalue weighted by molar-refractivity contribution is 0.319. The normalized spacial score (nSPS) is 20.5. The summed E-state index contributed by atoms with van der Waals surface area (Å²) in [6.07, 6.45) is 2.61. The van der Waals surface area contributed by atoms with Gasteiger partial charge in [-0.25, -0.2) is 0 Å². The Morgan fingerprint density at radius 3 is 2.27 bits per heavy atom. The van der Waals surface area contributed by atoms with E-state index in [9.17, 15) is 0 Å². The van der Waals surface area contributed by atoms with Gasteiger partial charge in [-0.3, -0.25) is 0 Å². The molecule has 1 aromatic carbocycles. The lowest BCUT2D eigenvalue weighted by Gasteiger charge is -2.28. The summed E-state index contributed by atoms with van der Waals surface area (Å²) in [6.45, 7) is 11.5. The van der Waals surface area contributed by atoms with Gasteiger partial charge >= 0.3 is 0 Å². The molecule has 15 heavy (non-hydrogen) atoms. The average molecular weight is 202 g/mol. The van der Waals surface area contributed by atoms with Crippen LogP contribution in [0.3, 0.4) is 0 Å². The molecule has 2 rings (SSSR count). The first-order valence-corrected chi connectivity index (χ1v) is 5.99. The molecule has 1 aromatic rings. The van der Waals surface area contributed by atoms with Gasteiger partial charge in [-0.1, -0.05) is 32.9 Å². The molecule has 0 saturated heterocycles. The van der Waals surface area contributed by atoms with Crippen LogP contribution < -0.4 is 0 Å². The minimum atomic E-state index is 0.410. The Morgan fingerprint density at radius 2 is 1.67 bits per heavy atom. The number of hydrogen-bond acceptors (Lipinski definition) is 0. The second-order valence-electron chi connectivity index (χ2n) is 6.09. The van der Waals surface area contributed by atoms with Crippen LogP contribution in [0.1, 0.15) is 55.4 Å². The van der Waals surface area contributed by atoms with Crippen LogP contribution in [0.15, 0.2) is 12.1 Å². The van der Waals surface area contributed by atoms with Gasteiger partial charge in [-0.2, -0.15) is 0 Å². The van der Waals surface area contributed by atoms with Gasteiger partial charge in [0.2, 0.25) is 0 Å². The highest BCUT2D eigenvalue weighted by atomic mass is 14.4. The van der Waals surface area contributed by atoms with E-state index in [0.717, 1.165) is 5.92 Å². The minimum absolute atomic E-state index is 0.410. The Hall–Kier alpha value is -0.780. The lowest BCUT2D eigenvalue weighted by atomic mass is 9.77. The van der Waals surface area contributed by atoms with Gasteiger partial charge in [0.05, 0.1) is 0 Å². The largest absolute Gasteiger partial charge is 0.0596 e. The molecule has 0 N–H and O–H groups in total. The topological polar surface area (TPSA) is 0 Å². The van der Waals surface area contributed by atoms with Crippen molar-refractivity contribution in [1.82, 2.24) is 0 Å². The second kappa shape index (κ2) is 3.37. The molecule has 1 aliphatic carbocycles. The summed E-state index contributed by atoms with van der Waals surface area (Å²) in [7, 11) is 0. The Labute approximate surface area is 93.7 Å². The van der Waals surface area contributed by atoms with Crippen molar-refractivity contribution in [2.45, 2.75) is 53.4 Å². The number of fused-ring (bicyclic) bond motifs is 1. The van der Waals surface area contributed by atoms with Gasteiger partial charge in [0.15, 0.2) is 0 Å². The first-order valence-electron chi connectivity index (χ1n) is 5.99.